The van der Waals surface area contributed by atoms with Crippen LogP contribution in [0.1, 0.15) is 31.1 Å². The lowest BCUT2D eigenvalue weighted by atomic mass is 9.92. The van der Waals surface area contributed by atoms with Gasteiger partial charge >= 0.3 is 0 Å². The molecule has 2 unspecified atom stereocenters. The topological polar surface area (TPSA) is 57.5 Å². The monoisotopic (exact) mass is 291 g/mol. The van der Waals surface area contributed by atoms with Crippen LogP contribution < -0.4 is 10.6 Å². The standard InChI is InChI=1S/C16H25N3O2/c1-19(2)13(14-4-3-9-21-14)11-18-15(20)12-10-16(12)5-7-17-8-6-16/h3-4,9,12-13,17H,5-8,10-11H2,1-2H3,(H,18,20). The van der Waals surface area contributed by atoms with Crippen LogP contribution >= 0.6 is 0 Å². The van der Waals surface area contributed by atoms with E-state index >= 15 is 0 Å². The van der Waals surface area contributed by atoms with Crippen LogP contribution in [0.2, 0.25) is 0 Å². The Morgan fingerprint density at radius 3 is 2.90 bits per heavy atom. The molecule has 1 saturated carbocycles. The van der Waals surface area contributed by atoms with Crippen LogP contribution in [0.15, 0.2) is 22.8 Å². The summed E-state index contributed by atoms with van der Waals surface area (Å²) in [5.41, 5.74) is 0.299. The van der Waals surface area contributed by atoms with Crippen LogP contribution in [0.4, 0.5) is 0 Å². The third-order valence-corrected chi connectivity index (χ3v) is 5.07. The Kier molecular flexibility index (Phi) is 4.04. The Labute approximate surface area is 126 Å². The van der Waals surface area contributed by atoms with Gasteiger partial charge in [-0.25, -0.2) is 0 Å². The first-order chi connectivity index (χ1) is 10.1. The summed E-state index contributed by atoms with van der Waals surface area (Å²) in [6, 6.07) is 3.94. The van der Waals surface area contributed by atoms with Crippen molar-refractivity contribution in [3.8, 4) is 0 Å². The predicted molar refractivity (Wildman–Crippen MR) is 80.8 cm³/mol. The fourth-order valence-electron chi connectivity index (χ4n) is 3.53. The Balaban J connectivity index is 1.54. The molecule has 2 heterocycles. The number of carbonyl (C=O) groups is 1. The highest BCUT2D eigenvalue weighted by atomic mass is 16.3. The van der Waals surface area contributed by atoms with E-state index in [1.54, 1.807) is 6.26 Å². The number of amides is 1. The summed E-state index contributed by atoms with van der Waals surface area (Å²) in [5.74, 6) is 1.34. The molecule has 5 heteroatoms. The van der Waals surface area contributed by atoms with Crippen LogP contribution in [0.5, 0.6) is 0 Å². The van der Waals surface area contributed by atoms with Crippen LogP contribution in [-0.4, -0.2) is 44.5 Å². The van der Waals surface area contributed by atoms with Gasteiger partial charge in [0.05, 0.1) is 12.3 Å². The van der Waals surface area contributed by atoms with Gasteiger partial charge in [-0.1, -0.05) is 0 Å². The molecule has 5 nitrogen and oxygen atoms in total. The van der Waals surface area contributed by atoms with Crippen molar-refractivity contribution in [1.29, 1.82) is 0 Å². The summed E-state index contributed by atoms with van der Waals surface area (Å²) >= 11 is 0. The second-order valence-corrected chi connectivity index (χ2v) is 6.61. The van der Waals surface area contributed by atoms with Gasteiger partial charge < -0.3 is 15.1 Å². The Hall–Kier alpha value is -1.33. The number of furan rings is 1. The predicted octanol–water partition coefficient (Wildman–Crippen LogP) is 1.39. The van der Waals surface area contributed by atoms with Crippen molar-refractivity contribution in [2.75, 3.05) is 33.7 Å². The summed E-state index contributed by atoms with van der Waals surface area (Å²) in [7, 11) is 4.01. The molecule has 2 aliphatic rings. The molecule has 1 amide bonds. The van der Waals surface area contributed by atoms with Crippen molar-refractivity contribution in [3.63, 3.8) is 0 Å². The first-order valence-corrected chi connectivity index (χ1v) is 7.81. The molecule has 3 rings (SSSR count). The van der Waals surface area contributed by atoms with E-state index in [0.29, 0.717) is 12.0 Å². The van der Waals surface area contributed by atoms with Crippen molar-refractivity contribution in [1.82, 2.24) is 15.5 Å². The maximum absolute atomic E-state index is 12.4. The molecule has 1 spiro atoms. The van der Waals surface area contributed by atoms with E-state index in [1.807, 2.05) is 26.2 Å². The SMILES string of the molecule is CN(C)C(CNC(=O)C1CC12CCNCC2)c1ccco1. The van der Waals surface area contributed by atoms with Gasteiger partial charge in [0.2, 0.25) is 5.91 Å². The van der Waals surface area contributed by atoms with E-state index in [1.165, 1.54) is 0 Å². The summed E-state index contributed by atoms with van der Waals surface area (Å²) in [6.45, 7) is 2.71. The lowest BCUT2D eigenvalue weighted by molar-refractivity contribution is -0.123. The highest BCUT2D eigenvalue weighted by Crippen LogP contribution is 2.58. The molecular formula is C16H25N3O2. The third-order valence-electron chi connectivity index (χ3n) is 5.07. The van der Waals surface area contributed by atoms with Gasteiger partial charge in [0.15, 0.2) is 0 Å². The number of nitrogens with one attached hydrogen (secondary N) is 2. The van der Waals surface area contributed by atoms with Crippen molar-refractivity contribution in [2.24, 2.45) is 11.3 Å². The van der Waals surface area contributed by atoms with Gasteiger partial charge in [-0.15, -0.1) is 0 Å². The second-order valence-electron chi connectivity index (χ2n) is 6.61. The molecule has 1 saturated heterocycles. The van der Waals surface area contributed by atoms with Gasteiger partial charge in [0.25, 0.3) is 0 Å². The molecular weight excluding hydrogens is 266 g/mol. The smallest absolute Gasteiger partial charge is 0.223 e. The number of rotatable bonds is 5. The van der Waals surface area contributed by atoms with Gasteiger partial charge in [-0.3, -0.25) is 9.69 Å². The molecule has 1 aliphatic heterocycles. The summed E-state index contributed by atoms with van der Waals surface area (Å²) in [4.78, 5) is 14.5. The van der Waals surface area contributed by atoms with Crippen LogP contribution in [0.3, 0.4) is 0 Å². The average Bonchev–Trinajstić information content (AvgIpc) is 2.91. The van der Waals surface area contributed by atoms with Gasteiger partial charge in [-0.05, 0) is 64.0 Å². The minimum Gasteiger partial charge on any atom is -0.468 e. The number of hydrogen-bond donors (Lipinski definition) is 2. The number of hydrogen-bond acceptors (Lipinski definition) is 4. The van der Waals surface area contributed by atoms with Gasteiger partial charge in [0.1, 0.15) is 5.76 Å². The summed E-state index contributed by atoms with van der Waals surface area (Å²) in [5, 5.41) is 6.50. The van der Waals surface area contributed by atoms with Crippen LogP contribution in [-0.2, 0) is 4.79 Å². The molecule has 0 radical (unpaired) electrons. The minimum atomic E-state index is 0.0895. The summed E-state index contributed by atoms with van der Waals surface area (Å²) < 4.78 is 5.47. The zero-order valence-corrected chi connectivity index (χ0v) is 12.9. The molecule has 1 aromatic rings. The summed E-state index contributed by atoms with van der Waals surface area (Å²) in [6.07, 6.45) is 5.02. The maximum atomic E-state index is 12.4. The number of likely N-dealkylation sites (N-methyl/N-ethyl adjacent to an activating group) is 1. The number of nitrogens with zero attached hydrogens (tertiary/aromatic N) is 1. The second kappa shape index (κ2) is 5.81. The average molecular weight is 291 g/mol. The van der Waals surface area contributed by atoms with E-state index in [-0.39, 0.29) is 17.9 Å². The van der Waals surface area contributed by atoms with Crippen LogP contribution in [0, 0.1) is 11.3 Å². The van der Waals surface area contributed by atoms with Crippen LogP contribution in [0.25, 0.3) is 0 Å². The van der Waals surface area contributed by atoms with E-state index in [2.05, 4.69) is 15.5 Å². The number of piperidine rings is 1. The molecule has 116 valence electrons. The zero-order chi connectivity index (χ0) is 14.9. The first-order valence-electron chi connectivity index (χ1n) is 7.81. The molecule has 2 fully saturated rings. The maximum Gasteiger partial charge on any atom is 0.223 e. The highest BCUT2D eigenvalue weighted by Gasteiger charge is 2.57. The highest BCUT2D eigenvalue weighted by molar-refractivity contribution is 5.82. The third kappa shape index (κ3) is 2.99. The Morgan fingerprint density at radius 1 is 1.52 bits per heavy atom. The van der Waals surface area contributed by atoms with Crippen molar-refractivity contribution >= 4 is 5.91 Å². The molecule has 2 atom stereocenters. The van der Waals surface area contributed by atoms with Gasteiger partial charge in [0, 0.05) is 12.5 Å². The molecule has 1 aliphatic carbocycles. The molecule has 0 aromatic carbocycles. The minimum absolute atomic E-state index is 0.0895. The zero-order valence-electron chi connectivity index (χ0n) is 12.9. The molecule has 21 heavy (non-hydrogen) atoms. The van der Waals surface area contributed by atoms with E-state index in [0.717, 1.165) is 38.1 Å². The van der Waals surface area contributed by atoms with E-state index < -0.39 is 0 Å². The lowest BCUT2D eigenvalue weighted by Gasteiger charge is -2.25. The fraction of sp³-hybridized carbons (Fsp3) is 0.688. The van der Waals surface area contributed by atoms with E-state index in [9.17, 15) is 4.79 Å². The Bertz CT molecular complexity index is 478. The normalized spacial score (nSPS) is 25.0. The largest absolute Gasteiger partial charge is 0.468 e. The van der Waals surface area contributed by atoms with Gasteiger partial charge in [-0.2, -0.15) is 0 Å². The van der Waals surface area contributed by atoms with E-state index in [4.69, 9.17) is 4.42 Å². The molecule has 0 bridgehead atoms. The number of carbonyl (C=O) groups excluding carboxylic acids is 1. The fourth-order valence-corrected chi connectivity index (χ4v) is 3.53. The molecule has 2 N–H and O–H groups in total. The van der Waals surface area contributed by atoms with Crippen molar-refractivity contribution in [2.45, 2.75) is 25.3 Å². The van der Waals surface area contributed by atoms with Crippen molar-refractivity contribution < 1.29 is 9.21 Å². The lowest BCUT2D eigenvalue weighted by Crippen LogP contribution is -2.37. The molecule has 1 aromatic heterocycles. The quantitative estimate of drug-likeness (QED) is 0.861. The Morgan fingerprint density at radius 2 is 2.29 bits per heavy atom. The first kappa shape index (κ1) is 14.6. The van der Waals surface area contributed by atoms with Crippen molar-refractivity contribution in [3.05, 3.63) is 24.2 Å².